The number of carbonyl (C=O) groups is 1. The predicted octanol–water partition coefficient (Wildman–Crippen LogP) is 6.41. The summed E-state index contributed by atoms with van der Waals surface area (Å²) in [4.78, 5) is 32.4. The van der Waals surface area contributed by atoms with Gasteiger partial charge in [0, 0.05) is 62.1 Å². The van der Waals surface area contributed by atoms with E-state index in [0.29, 0.717) is 0 Å². The highest BCUT2D eigenvalue weighted by atomic mass is 32.1. The molecule has 0 saturated carbocycles. The lowest BCUT2D eigenvalue weighted by atomic mass is 10.2. The molecule has 4 aliphatic rings. The van der Waals surface area contributed by atoms with Crippen molar-refractivity contribution in [3.8, 4) is 0 Å². The number of nitrogens with zero attached hydrogens (tertiary/aromatic N) is 6. The molecule has 2 N–H and O–H groups in total. The van der Waals surface area contributed by atoms with E-state index in [2.05, 4.69) is 88.7 Å². The molecule has 1 amide bonds. The van der Waals surface area contributed by atoms with Crippen LogP contribution < -0.4 is 10.6 Å². The molecule has 2 aromatic carbocycles. The molecule has 11 heteroatoms. The summed E-state index contributed by atoms with van der Waals surface area (Å²) in [6, 6.07) is 20.9. The molecule has 2 saturated heterocycles. The number of rotatable bonds is 1. The summed E-state index contributed by atoms with van der Waals surface area (Å²) in [6.45, 7) is 11.6. The van der Waals surface area contributed by atoms with Crippen LogP contribution in [0.5, 0.6) is 0 Å². The number of hydrogen-bond acceptors (Lipinski definition) is 10. The van der Waals surface area contributed by atoms with Gasteiger partial charge in [-0.15, -0.1) is 22.7 Å². The van der Waals surface area contributed by atoms with E-state index in [1.54, 1.807) is 22.7 Å². The maximum Gasteiger partial charge on any atom is 0.209 e. The molecule has 9 nitrogen and oxygen atoms in total. The van der Waals surface area contributed by atoms with E-state index in [1.165, 1.54) is 20.3 Å². The van der Waals surface area contributed by atoms with Gasteiger partial charge in [-0.2, -0.15) is 0 Å². The lowest BCUT2D eigenvalue weighted by Crippen LogP contribution is -2.48. The molecule has 4 aliphatic heterocycles. The van der Waals surface area contributed by atoms with Crippen LogP contribution in [-0.4, -0.2) is 97.1 Å². The number of piperazine rings is 2. The highest BCUT2D eigenvalue weighted by Gasteiger charge is 2.27. The molecule has 0 aliphatic carbocycles. The largest absolute Gasteiger partial charge is 0.353 e. The number of benzene rings is 2. The summed E-state index contributed by atoms with van der Waals surface area (Å²) < 4.78 is 0. The Balaban J connectivity index is 0.000000145. The first-order valence-corrected chi connectivity index (χ1v) is 17.1. The number of hydrogen-bond donors (Lipinski definition) is 2. The number of aryl methyl sites for hydroxylation is 2. The molecule has 8 rings (SSSR count). The molecular formula is C34H38N8OS2. The predicted molar refractivity (Wildman–Crippen MR) is 188 cm³/mol. The van der Waals surface area contributed by atoms with Crippen LogP contribution in [0.4, 0.5) is 32.8 Å². The molecule has 2 aromatic heterocycles. The highest BCUT2D eigenvalue weighted by molar-refractivity contribution is 7.17. The fraction of sp³-hybridized carbons (Fsp3) is 0.324. The Morgan fingerprint density at radius 1 is 0.667 bits per heavy atom. The number of likely N-dealkylation sites (N-methyl/N-ethyl adjacent to an activating group) is 1. The number of para-hydroxylation sites is 4. The molecular weight excluding hydrogens is 601 g/mol. The third-order valence-electron chi connectivity index (χ3n) is 8.52. The van der Waals surface area contributed by atoms with Crippen molar-refractivity contribution < 1.29 is 4.79 Å². The maximum atomic E-state index is 10.9. The van der Waals surface area contributed by atoms with Crippen LogP contribution in [0.3, 0.4) is 0 Å². The van der Waals surface area contributed by atoms with E-state index in [0.717, 1.165) is 104 Å². The maximum absolute atomic E-state index is 10.9. The zero-order valence-electron chi connectivity index (χ0n) is 25.9. The fourth-order valence-corrected chi connectivity index (χ4v) is 7.87. The third-order valence-corrected chi connectivity index (χ3v) is 10.4. The number of amides is 1. The normalized spacial score (nSPS) is 17.4. The van der Waals surface area contributed by atoms with Gasteiger partial charge in [-0.05, 0) is 57.3 Å². The smallest absolute Gasteiger partial charge is 0.209 e. The minimum atomic E-state index is 0.746. The number of amidine groups is 2. The van der Waals surface area contributed by atoms with Gasteiger partial charge in [0.1, 0.15) is 21.7 Å². The van der Waals surface area contributed by atoms with Gasteiger partial charge in [0.2, 0.25) is 6.41 Å². The van der Waals surface area contributed by atoms with Crippen molar-refractivity contribution in [2.45, 2.75) is 13.8 Å². The minimum Gasteiger partial charge on any atom is -0.353 e. The van der Waals surface area contributed by atoms with Crippen molar-refractivity contribution in [2.24, 2.45) is 9.98 Å². The Morgan fingerprint density at radius 2 is 1.11 bits per heavy atom. The first-order valence-electron chi connectivity index (χ1n) is 15.4. The monoisotopic (exact) mass is 638 g/mol. The number of aliphatic imine (C=N–C) groups is 2. The van der Waals surface area contributed by atoms with E-state index in [1.807, 2.05) is 23.1 Å². The minimum absolute atomic E-state index is 0.746. The summed E-state index contributed by atoms with van der Waals surface area (Å²) in [5.41, 5.74) is 6.51. The third kappa shape index (κ3) is 6.20. The van der Waals surface area contributed by atoms with Gasteiger partial charge in [-0.1, -0.05) is 24.3 Å². The van der Waals surface area contributed by atoms with Crippen molar-refractivity contribution in [3.05, 3.63) is 81.5 Å². The second-order valence-electron chi connectivity index (χ2n) is 11.8. The SMILES string of the molecule is Cc1cc2c(s1)Nc1ccccc1N=C2N1CCN(C)CC1.Cc1cc2c(s1)Nc1ccccc1N=C2N1CCN(C=O)CC1. The summed E-state index contributed by atoms with van der Waals surface area (Å²) in [5, 5.41) is 9.44. The van der Waals surface area contributed by atoms with Gasteiger partial charge in [0.05, 0.1) is 33.9 Å². The zero-order chi connectivity index (χ0) is 30.9. The molecule has 45 heavy (non-hydrogen) atoms. The molecule has 0 radical (unpaired) electrons. The Morgan fingerprint density at radius 3 is 1.58 bits per heavy atom. The summed E-state index contributed by atoms with van der Waals surface area (Å²) in [7, 11) is 2.18. The van der Waals surface area contributed by atoms with Gasteiger partial charge in [-0.25, -0.2) is 9.98 Å². The Labute approximate surface area is 272 Å². The van der Waals surface area contributed by atoms with Gasteiger partial charge in [0.25, 0.3) is 0 Å². The average Bonchev–Trinajstić information content (AvgIpc) is 3.51. The molecule has 2 fully saturated rings. The van der Waals surface area contributed by atoms with Crippen LogP contribution in [0.1, 0.15) is 20.9 Å². The van der Waals surface area contributed by atoms with E-state index in [9.17, 15) is 4.79 Å². The lowest BCUT2D eigenvalue weighted by molar-refractivity contribution is -0.119. The van der Waals surface area contributed by atoms with Crippen molar-refractivity contribution >= 4 is 73.5 Å². The second-order valence-corrected chi connectivity index (χ2v) is 14.3. The fourth-order valence-electron chi connectivity index (χ4n) is 6.03. The van der Waals surface area contributed by atoms with Gasteiger partial charge >= 0.3 is 0 Å². The van der Waals surface area contributed by atoms with Crippen molar-refractivity contribution in [3.63, 3.8) is 0 Å². The number of carbonyl (C=O) groups excluding carboxylic acids is 1. The Kier molecular flexibility index (Phi) is 8.31. The summed E-state index contributed by atoms with van der Waals surface area (Å²) in [5.74, 6) is 2.12. The van der Waals surface area contributed by atoms with Crippen molar-refractivity contribution in [2.75, 3.05) is 70.0 Å². The highest BCUT2D eigenvalue weighted by Crippen LogP contribution is 2.40. The standard InChI is InChI=1S/C17H18N4OS.C17H20N4S/c1-12-10-13-16(21-8-6-20(11-22)7-9-21)18-14-4-2-3-5-15(14)19-17(13)23-12;1-12-11-13-16(21-9-7-20(2)8-10-21)18-14-5-3-4-6-15(14)19-17(13)22-12/h2-5,10-11,19H,6-9H2,1H3;3-6,11,19H,7-10H2,1-2H3. The second kappa shape index (κ2) is 12.7. The topological polar surface area (TPSA) is 78.8 Å². The molecule has 0 bridgehead atoms. The Hall–Kier alpha value is -4.19. The van der Waals surface area contributed by atoms with E-state index < -0.39 is 0 Å². The molecule has 6 heterocycles. The number of anilines is 4. The zero-order valence-corrected chi connectivity index (χ0v) is 27.5. The first-order chi connectivity index (χ1) is 21.9. The summed E-state index contributed by atoms with van der Waals surface area (Å²) in [6.07, 6.45) is 0.934. The van der Waals surface area contributed by atoms with Crippen LogP contribution in [0, 0.1) is 13.8 Å². The molecule has 0 atom stereocenters. The Bertz CT molecular complexity index is 1760. The van der Waals surface area contributed by atoms with E-state index >= 15 is 0 Å². The summed E-state index contributed by atoms with van der Waals surface area (Å²) >= 11 is 3.56. The van der Waals surface area contributed by atoms with Crippen LogP contribution >= 0.6 is 22.7 Å². The number of thiophene rings is 2. The molecule has 232 valence electrons. The number of fused-ring (bicyclic) bond motifs is 4. The molecule has 0 unspecified atom stereocenters. The van der Waals surface area contributed by atoms with Gasteiger partial charge in [0.15, 0.2) is 0 Å². The van der Waals surface area contributed by atoms with Crippen LogP contribution in [0.2, 0.25) is 0 Å². The van der Waals surface area contributed by atoms with Crippen LogP contribution in [0.15, 0.2) is 70.6 Å². The van der Waals surface area contributed by atoms with E-state index in [-0.39, 0.29) is 0 Å². The lowest BCUT2D eigenvalue weighted by Gasteiger charge is -2.34. The number of nitrogens with one attached hydrogen (secondary N) is 2. The quantitative estimate of drug-likeness (QED) is 0.235. The van der Waals surface area contributed by atoms with Gasteiger partial charge in [-0.3, -0.25) is 4.79 Å². The first kappa shape index (κ1) is 29.5. The van der Waals surface area contributed by atoms with Crippen LogP contribution in [-0.2, 0) is 4.79 Å². The van der Waals surface area contributed by atoms with E-state index in [4.69, 9.17) is 9.98 Å². The van der Waals surface area contributed by atoms with Crippen molar-refractivity contribution in [1.82, 2.24) is 19.6 Å². The van der Waals surface area contributed by atoms with Crippen molar-refractivity contribution in [1.29, 1.82) is 0 Å². The molecule has 4 aromatic rings. The molecule has 0 spiro atoms. The van der Waals surface area contributed by atoms with Gasteiger partial charge < -0.3 is 30.2 Å². The average molecular weight is 639 g/mol. The van der Waals surface area contributed by atoms with Crippen LogP contribution in [0.25, 0.3) is 0 Å².